The molecule has 0 saturated heterocycles. The zero-order chi connectivity index (χ0) is 29.6. The van der Waals surface area contributed by atoms with Gasteiger partial charge in [-0.15, -0.1) is 0 Å². The van der Waals surface area contributed by atoms with Crippen molar-refractivity contribution in [1.29, 1.82) is 0 Å². The lowest BCUT2D eigenvalue weighted by molar-refractivity contribution is -0.166. The summed E-state index contributed by atoms with van der Waals surface area (Å²) in [5, 5.41) is 2.69. The van der Waals surface area contributed by atoms with Gasteiger partial charge in [-0.2, -0.15) is 0 Å². The Balaban J connectivity index is 2.42. The van der Waals surface area contributed by atoms with Crippen molar-refractivity contribution in [3.63, 3.8) is 0 Å². The highest BCUT2D eigenvalue weighted by Crippen LogP contribution is 2.37. The van der Waals surface area contributed by atoms with Crippen LogP contribution in [0.15, 0.2) is 66.9 Å². The second kappa shape index (κ2) is 12.7. The summed E-state index contributed by atoms with van der Waals surface area (Å²) in [6.45, 7) is 9.53. The molecule has 1 aliphatic heterocycles. The van der Waals surface area contributed by atoms with Gasteiger partial charge in [0.2, 0.25) is 11.8 Å². The van der Waals surface area contributed by atoms with Crippen LogP contribution in [0.5, 0.6) is 0 Å². The third-order valence-corrected chi connectivity index (χ3v) is 6.86. The Hall–Kier alpha value is -4.27. The first kappa shape index (κ1) is 30.3. The minimum absolute atomic E-state index is 0.190. The number of benzene rings is 2. The molecule has 0 aliphatic carbocycles. The van der Waals surface area contributed by atoms with Crippen molar-refractivity contribution in [2.75, 3.05) is 0 Å². The predicted octanol–water partition coefficient (Wildman–Crippen LogP) is 3.69. The van der Waals surface area contributed by atoms with Crippen LogP contribution in [0.3, 0.4) is 0 Å². The zero-order valence-electron chi connectivity index (χ0n) is 23.8. The number of ether oxygens (including phenoxy) is 1. The molecule has 2 aromatic rings. The Bertz CT molecular complexity index is 1290. The molecular weight excluding hydrogens is 510 g/mol. The normalized spacial score (nSPS) is 17.5. The van der Waals surface area contributed by atoms with Crippen molar-refractivity contribution >= 4 is 35.2 Å². The highest BCUT2D eigenvalue weighted by molar-refractivity contribution is 6.38. The first-order valence-corrected chi connectivity index (χ1v) is 13.4. The lowest BCUT2D eigenvalue weighted by Gasteiger charge is -2.49. The van der Waals surface area contributed by atoms with Gasteiger partial charge in [-0.1, -0.05) is 80.9 Å². The van der Waals surface area contributed by atoms with E-state index in [-0.39, 0.29) is 23.9 Å². The number of nitrogens with one attached hydrogen (secondary N) is 1. The number of ketones is 1. The van der Waals surface area contributed by atoms with Gasteiger partial charge in [-0.25, -0.2) is 4.79 Å². The molecule has 0 radical (unpaired) electrons. The Morgan fingerprint density at radius 1 is 0.950 bits per heavy atom. The Morgan fingerprint density at radius 3 is 2.02 bits per heavy atom. The van der Waals surface area contributed by atoms with Gasteiger partial charge in [-0.05, 0) is 30.9 Å². The van der Waals surface area contributed by atoms with Gasteiger partial charge >= 0.3 is 5.97 Å². The second-order valence-electron chi connectivity index (χ2n) is 10.3. The third-order valence-electron chi connectivity index (χ3n) is 6.86. The van der Waals surface area contributed by atoms with Crippen molar-refractivity contribution < 1.29 is 28.7 Å². The number of esters is 1. The maximum absolute atomic E-state index is 14.6. The number of carbonyl (C=O) groups is 5. The van der Waals surface area contributed by atoms with E-state index < -0.39 is 41.4 Å². The summed E-state index contributed by atoms with van der Waals surface area (Å²) in [7, 11) is 0. The second-order valence-corrected chi connectivity index (χ2v) is 10.3. The molecule has 0 bridgehead atoms. The molecule has 3 atom stereocenters. The van der Waals surface area contributed by atoms with E-state index in [1.807, 2.05) is 13.8 Å². The van der Waals surface area contributed by atoms with E-state index in [4.69, 9.17) is 4.74 Å². The molecule has 212 valence electrons. The summed E-state index contributed by atoms with van der Waals surface area (Å²) in [4.78, 5) is 70.3. The molecule has 40 heavy (non-hydrogen) atoms. The first-order chi connectivity index (χ1) is 18.9. The highest BCUT2D eigenvalue weighted by Gasteiger charge is 2.56. The lowest BCUT2D eigenvalue weighted by Crippen LogP contribution is -2.72. The summed E-state index contributed by atoms with van der Waals surface area (Å²) >= 11 is 0. The van der Waals surface area contributed by atoms with Gasteiger partial charge in [0.1, 0.15) is 6.04 Å². The maximum atomic E-state index is 14.6. The molecule has 2 unspecified atom stereocenters. The summed E-state index contributed by atoms with van der Waals surface area (Å²) in [5.41, 5.74) is -0.892. The van der Waals surface area contributed by atoms with Crippen LogP contribution in [0.25, 0.3) is 5.70 Å². The van der Waals surface area contributed by atoms with Crippen molar-refractivity contribution in [3.05, 3.63) is 78.0 Å². The molecule has 1 N–H and O–H groups in total. The number of nitrogens with zero attached hydrogens (tertiary/aromatic N) is 2. The van der Waals surface area contributed by atoms with Gasteiger partial charge in [0, 0.05) is 26.5 Å². The predicted molar refractivity (Wildman–Crippen MR) is 150 cm³/mol. The Kier molecular flexibility index (Phi) is 9.63. The van der Waals surface area contributed by atoms with E-state index in [9.17, 15) is 24.0 Å². The largest absolute Gasteiger partial charge is 0.457 e. The maximum Gasteiger partial charge on any atom is 0.379 e. The number of carbonyl (C=O) groups excluding carboxylic acids is 5. The van der Waals surface area contributed by atoms with Gasteiger partial charge < -0.3 is 15.0 Å². The van der Waals surface area contributed by atoms with Crippen LogP contribution in [0, 0.1) is 5.92 Å². The fourth-order valence-corrected chi connectivity index (χ4v) is 4.91. The minimum Gasteiger partial charge on any atom is -0.457 e. The van der Waals surface area contributed by atoms with Crippen LogP contribution in [-0.4, -0.2) is 57.1 Å². The summed E-state index contributed by atoms with van der Waals surface area (Å²) in [6.07, 6.45) is 1.24. The monoisotopic (exact) mass is 547 g/mol. The summed E-state index contributed by atoms with van der Waals surface area (Å²) in [5.74, 6) is -4.18. The average molecular weight is 548 g/mol. The Morgan fingerprint density at radius 2 is 1.52 bits per heavy atom. The number of rotatable bonds is 10. The fourth-order valence-electron chi connectivity index (χ4n) is 4.91. The van der Waals surface area contributed by atoms with E-state index >= 15 is 0 Å². The number of hydrogen-bond donors (Lipinski definition) is 1. The van der Waals surface area contributed by atoms with Crippen LogP contribution in [-0.2, 0) is 35.1 Å². The molecule has 0 saturated carbocycles. The number of hydrogen-bond acceptors (Lipinski definition) is 6. The fraction of sp³-hybridized carbons (Fsp3) is 0.387. The van der Waals surface area contributed by atoms with E-state index in [1.165, 1.54) is 29.8 Å². The molecular formula is C31H37N3O6. The zero-order valence-corrected chi connectivity index (χ0v) is 23.8. The minimum atomic E-state index is -2.19. The molecule has 9 nitrogen and oxygen atoms in total. The first-order valence-electron chi connectivity index (χ1n) is 13.4. The lowest BCUT2D eigenvalue weighted by atomic mass is 9.86. The molecule has 0 aromatic heterocycles. The highest BCUT2D eigenvalue weighted by atomic mass is 16.5. The van der Waals surface area contributed by atoms with Gasteiger partial charge in [0.25, 0.3) is 11.7 Å². The average Bonchev–Trinajstić information content (AvgIpc) is 2.91. The third kappa shape index (κ3) is 6.30. The number of amides is 3. The van der Waals surface area contributed by atoms with Crippen molar-refractivity contribution in [1.82, 2.24) is 15.1 Å². The SMILES string of the molecule is CCC(C)C1C(=O)N([C@](Cc2ccccc2)(NC(C)=O)C(=O)C(=O)OC(C)C)C(c2ccccc2)=CN1C(C)=O. The molecule has 3 rings (SSSR count). The molecule has 3 amide bonds. The van der Waals surface area contributed by atoms with E-state index in [1.54, 1.807) is 74.5 Å². The van der Waals surface area contributed by atoms with Crippen molar-refractivity contribution in [3.8, 4) is 0 Å². The van der Waals surface area contributed by atoms with Gasteiger partial charge in [0.05, 0.1) is 11.8 Å². The van der Waals surface area contributed by atoms with Crippen LogP contribution in [0.2, 0.25) is 0 Å². The molecule has 0 fully saturated rings. The standard InChI is InChI=1S/C31H37N3O6/c1-7-21(4)27-29(38)34(26(19-33(27)23(6)36)25-16-12-9-13-17-25)31(32-22(5)35,18-24-14-10-8-11-15-24)28(37)30(39)40-20(2)3/h8-17,19-21,27H,7,18H2,1-6H3,(H,32,35)/t21?,27?,31-/m0/s1. The van der Waals surface area contributed by atoms with Crippen LogP contribution < -0.4 is 5.32 Å². The van der Waals surface area contributed by atoms with E-state index in [2.05, 4.69) is 5.32 Å². The smallest absolute Gasteiger partial charge is 0.379 e. The van der Waals surface area contributed by atoms with Gasteiger partial charge in [-0.3, -0.25) is 24.1 Å². The molecule has 2 aromatic carbocycles. The Labute approximate surface area is 235 Å². The van der Waals surface area contributed by atoms with Crippen molar-refractivity contribution in [2.24, 2.45) is 5.92 Å². The molecule has 1 heterocycles. The van der Waals surface area contributed by atoms with Crippen LogP contribution in [0.4, 0.5) is 0 Å². The van der Waals surface area contributed by atoms with Crippen LogP contribution in [0.1, 0.15) is 59.1 Å². The molecule has 1 aliphatic rings. The summed E-state index contributed by atoms with van der Waals surface area (Å²) < 4.78 is 5.30. The van der Waals surface area contributed by atoms with E-state index in [0.29, 0.717) is 17.5 Å². The molecule has 0 spiro atoms. The topological polar surface area (TPSA) is 113 Å². The van der Waals surface area contributed by atoms with Crippen molar-refractivity contribution in [2.45, 2.75) is 72.2 Å². The quantitative estimate of drug-likeness (QED) is 0.359. The van der Waals surface area contributed by atoms with Gasteiger partial charge in [0.15, 0.2) is 5.66 Å². The number of Topliss-reactive ketones (excluding diaryl/α,β-unsaturated/α-hetero) is 1. The summed E-state index contributed by atoms with van der Waals surface area (Å²) in [6, 6.07) is 16.6. The molecule has 9 heteroatoms. The van der Waals surface area contributed by atoms with Crippen LogP contribution >= 0.6 is 0 Å². The van der Waals surface area contributed by atoms with E-state index in [0.717, 1.165) is 0 Å².